The van der Waals surface area contributed by atoms with Crippen molar-refractivity contribution in [2.45, 2.75) is 40.2 Å². The van der Waals surface area contributed by atoms with Crippen LogP contribution in [0, 0.1) is 12.3 Å². The van der Waals surface area contributed by atoms with E-state index in [1.165, 1.54) is 36.2 Å². The van der Waals surface area contributed by atoms with E-state index < -0.39 is 0 Å². The highest BCUT2D eigenvalue weighted by atomic mass is 15.1. The maximum atomic E-state index is 5.87. The summed E-state index contributed by atoms with van der Waals surface area (Å²) in [5, 5.41) is 0. The molecule has 0 aromatic heterocycles. The summed E-state index contributed by atoms with van der Waals surface area (Å²) >= 11 is 0. The van der Waals surface area contributed by atoms with Crippen molar-refractivity contribution < 1.29 is 0 Å². The lowest BCUT2D eigenvalue weighted by Crippen LogP contribution is -2.40. The van der Waals surface area contributed by atoms with E-state index in [1.807, 2.05) is 0 Å². The van der Waals surface area contributed by atoms with Crippen molar-refractivity contribution in [3.63, 3.8) is 0 Å². The molecule has 0 unspecified atom stereocenters. The molecule has 0 spiro atoms. The van der Waals surface area contributed by atoms with Gasteiger partial charge >= 0.3 is 0 Å². The van der Waals surface area contributed by atoms with Gasteiger partial charge in [-0.3, -0.25) is 0 Å². The van der Waals surface area contributed by atoms with Crippen molar-refractivity contribution in [3.8, 4) is 0 Å². The Morgan fingerprint density at radius 1 is 1.35 bits per heavy atom. The molecule has 2 heteroatoms. The molecule has 1 heterocycles. The van der Waals surface area contributed by atoms with Gasteiger partial charge in [0.15, 0.2) is 0 Å². The summed E-state index contributed by atoms with van der Waals surface area (Å²) in [4.78, 5) is 2.51. The maximum absolute atomic E-state index is 5.87. The number of nitrogens with zero attached hydrogens (tertiary/aromatic N) is 1. The van der Waals surface area contributed by atoms with E-state index in [9.17, 15) is 0 Å². The normalized spacial score (nSPS) is 19.4. The molecule has 94 valence electrons. The van der Waals surface area contributed by atoms with Crippen LogP contribution >= 0.6 is 0 Å². The zero-order valence-electron chi connectivity index (χ0n) is 11.3. The van der Waals surface area contributed by atoms with Crippen LogP contribution in [-0.4, -0.2) is 13.1 Å². The van der Waals surface area contributed by atoms with Gasteiger partial charge in [0, 0.05) is 25.3 Å². The maximum Gasteiger partial charge on any atom is 0.0412 e. The van der Waals surface area contributed by atoms with Crippen LogP contribution in [0.5, 0.6) is 0 Å². The van der Waals surface area contributed by atoms with Crippen molar-refractivity contribution >= 4 is 5.69 Å². The zero-order valence-corrected chi connectivity index (χ0v) is 11.3. The Morgan fingerprint density at radius 2 is 2.12 bits per heavy atom. The largest absolute Gasteiger partial charge is 0.371 e. The van der Waals surface area contributed by atoms with Gasteiger partial charge in [-0.05, 0) is 36.8 Å². The topological polar surface area (TPSA) is 29.3 Å². The van der Waals surface area contributed by atoms with Crippen molar-refractivity contribution in [1.29, 1.82) is 0 Å². The first-order valence-corrected chi connectivity index (χ1v) is 6.56. The van der Waals surface area contributed by atoms with Gasteiger partial charge in [-0.25, -0.2) is 0 Å². The quantitative estimate of drug-likeness (QED) is 0.849. The molecule has 0 aliphatic carbocycles. The van der Waals surface area contributed by atoms with Crippen LogP contribution in [0.15, 0.2) is 18.2 Å². The number of hydrogen-bond donors (Lipinski definition) is 1. The lowest BCUT2D eigenvalue weighted by molar-refractivity contribution is 0.293. The molecule has 1 aliphatic rings. The van der Waals surface area contributed by atoms with E-state index in [0.717, 1.165) is 6.54 Å². The summed E-state index contributed by atoms with van der Waals surface area (Å²) in [6, 6.07) is 6.64. The van der Waals surface area contributed by atoms with Crippen LogP contribution < -0.4 is 10.6 Å². The Morgan fingerprint density at radius 3 is 2.76 bits per heavy atom. The molecule has 0 atom stereocenters. The van der Waals surface area contributed by atoms with Crippen molar-refractivity contribution in [3.05, 3.63) is 29.3 Å². The Balaban J connectivity index is 2.27. The van der Waals surface area contributed by atoms with E-state index >= 15 is 0 Å². The van der Waals surface area contributed by atoms with Crippen LogP contribution in [0.25, 0.3) is 0 Å². The molecule has 0 bridgehead atoms. The molecule has 1 fully saturated rings. The number of benzene rings is 1. The number of anilines is 1. The molecule has 1 aliphatic heterocycles. The fourth-order valence-corrected chi connectivity index (χ4v) is 2.82. The van der Waals surface area contributed by atoms with Gasteiger partial charge in [0.1, 0.15) is 0 Å². The van der Waals surface area contributed by atoms with Crippen LogP contribution in [0.1, 0.15) is 37.8 Å². The SMILES string of the molecule is Cc1ccc(N2CCCC(C)(C)C2)c(CN)c1. The molecule has 2 N–H and O–H groups in total. The van der Waals surface area contributed by atoms with Crippen LogP contribution in [0.4, 0.5) is 5.69 Å². The molecule has 1 aromatic carbocycles. The second-order valence-corrected chi connectivity index (χ2v) is 6.03. The standard InChI is InChI=1S/C15H24N2/c1-12-5-6-14(13(9-12)10-16)17-8-4-7-15(2,3)11-17/h5-6,9H,4,7-8,10-11,16H2,1-3H3. The average Bonchev–Trinajstić information content (AvgIpc) is 2.27. The second-order valence-electron chi connectivity index (χ2n) is 6.03. The van der Waals surface area contributed by atoms with Crippen LogP contribution in [0.3, 0.4) is 0 Å². The Labute approximate surface area is 105 Å². The smallest absolute Gasteiger partial charge is 0.0412 e. The first-order valence-electron chi connectivity index (χ1n) is 6.56. The molecule has 17 heavy (non-hydrogen) atoms. The van der Waals surface area contributed by atoms with Crippen LogP contribution in [-0.2, 0) is 6.54 Å². The zero-order chi connectivity index (χ0) is 12.5. The fourth-order valence-electron chi connectivity index (χ4n) is 2.82. The van der Waals surface area contributed by atoms with Crippen molar-refractivity contribution in [2.24, 2.45) is 11.1 Å². The lowest BCUT2D eigenvalue weighted by atomic mass is 9.84. The Hall–Kier alpha value is -1.02. The first kappa shape index (κ1) is 12.4. The van der Waals surface area contributed by atoms with Gasteiger partial charge in [-0.2, -0.15) is 0 Å². The van der Waals surface area contributed by atoms with Gasteiger partial charge in [-0.15, -0.1) is 0 Å². The highest BCUT2D eigenvalue weighted by Gasteiger charge is 2.27. The molecule has 0 amide bonds. The summed E-state index contributed by atoms with van der Waals surface area (Å²) in [6.07, 6.45) is 2.61. The fraction of sp³-hybridized carbons (Fsp3) is 0.600. The number of nitrogens with two attached hydrogens (primary N) is 1. The highest BCUT2D eigenvalue weighted by molar-refractivity contribution is 5.55. The Bertz CT molecular complexity index is 396. The molecule has 2 nitrogen and oxygen atoms in total. The molecule has 0 saturated carbocycles. The number of piperidine rings is 1. The van der Waals surface area contributed by atoms with Gasteiger partial charge in [0.05, 0.1) is 0 Å². The van der Waals surface area contributed by atoms with Gasteiger partial charge in [-0.1, -0.05) is 31.5 Å². The molecular formula is C15H24N2. The lowest BCUT2D eigenvalue weighted by Gasteiger charge is -2.40. The van der Waals surface area contributed by atoms with Crippen molar-refractivity contribution in [2.75, 3.05) is 18.0 Å². The minimum atomic E-state index is 0.426. The second kappa shape index (κ2) is 4.69. The molecular weight excluding hydrogens is 208 g/mol. The van der Waals surface area contributed by atoms with Crippen molar-refractivity contribution in [1.82, 2.24) is 0 Å². The number of hydrogen-bond acceptors (Lipinski definition) is 2. The monoisotopic (exact) mass is 232 g/mol. The average molecular weight is 232 g/mol. The summed E-state index contributed by atoms with van der Waals surface area (Å²) < 4.78 is 0. The van der Waals surface area contributed by atoms with Gasteiger partial charge in [0.2, 0.25) is 0 Å². The molecule has 1 saturated heterocycles. The molecule has 0 radical (unpaired) electrons. The molecule has 2 rings (SSSR count). The minimum absolute atomic E-state index is 0.426. The third kappa shape index (κ3) is 2.81. The van der Waals surface area contributed by atoms with E-state index in [4.69, 9.17) is 5.73 Å². The molecule has 1 aromatic rings. The summed E-state index contributed by atoms with van der Waals surface area (Å²) in [7, 11) is 0. The van der Waals surface area contributed by atoms with E-state index in [0.29, 0.717) is 12.0 Å². The van der Waals surface area contributed by atoms with E-state index in [2.05, 4.69) is 43.9 Å². The Kier molecular flexibility index (Phi) is 3.43. The van der Waals surface area contributed by atoms with E-state index in [-0.39, 0.29) is 0 Å². The minimum Gasteiger partial charge on any atom is -0.371 e. The van der Waals surface area contributed by atoms with E-state index in [1.54, 1.807) is 0 Å². The van der Waals surface area contributed by atoms with Crippen LogP contribution in [0.2, 0.25) is 0 Å². The summed E-state index contributed by atoms with van der Waals surface area (Å²) in [5.41, 5.74) is 10.2. The van der Waals surface area contributed by atoms with Gasteiger partial charge < -0.3 is 10.6 Å². The summed E-state index contributed by atoms with van der Waals surface area (Å²) in [6.45, 7) is 9.78. The third-order valence-corrected chi connectivity index (χ3v) is 3.70. The number of aryl methyl sites for hydroxylation is 1. The number of rotatable bonds is 2. The van der Waals surface area contributed by atoms with Gasteiger partial charge in [0.25, 0.3) is 0 Å². The third-order valence-electron chi connectivity index (χ3n) is 3.70. The highest BCUT2D eigenvalue weighted by Crippen LogP contribution is 2.33. The predicted molar refractivity (Wildman–Crippen MR) is 74.3 cm³/mol. The summed E-state index contributed by atoms with van der Waals surface area (Å²) in [5.74, 6) is 0. The predicted octanol–water partition coefficient (Wildman–Crippen LogP) is 3.08. The first-order chi connectivity index (χ1) is 8.02.